The van der Waals surface area contributed by atoms with Gasteiger partial charge < -0.3 is 5.11 Å². The molecule has 1 atom stereocenters. The van der Waals surface area contributed by atoms with E-state index in [-0.39, 0.29) is 16.5 Å². The molecular weight excluding hydrogens is 250 g/mol. The lowest BCUT2D eigenvalue weighted by Gasteiger charge is -2.09. The Morgan fingerprint density at radius 1 is 1.50 bits per heavy atom. The first kappa shape index (κ1) is 13.4. The highest BCUT2D eigenvalue weighted by atomic mass is 35.5. The van der Waals surface area contributed by atoms with Crippen molar-refractivity contribution in [3.8, 4) is 0 Å². The number of hydrogen-bond donors (Lipinski definition) is 2. The number of rotatable bonds is 4. The molecule has 0 bridgehead atoms. The molecule has 4 nitrogen and oxygen atoms in total. The van der Waals surface area contributed by atoms with Crippen LogP contribution >= 0.6 is 11.6 Å². The Morgan fingerprint density at radius 2 is 2.12 bits per heavy atom. The van der Waals surface area contributed by atoms with Crippen molar-refractivity contribution in [3.05, 3.63) is 28.8 Å². The summed E-state index contributed by atoms with van der Waals surface area (Å²) in [5.74, 6) is 0. The third-order valence-electron chi connectivity index (χ3n) is 1.95. The highest BCUT2D eigenvalue weighted by Crippen LogP contribution is 2.22. The van der Waals surface area contributed by atoms with E-state index in [0.717, 1.165) is 5.56 Å². The van der Waals surface area contributed by atoms with Gasteiger partial charge in [-0.2, -0.15) is 0 Å². The van der Waals surface area contributed by atoms with Gasteiger partial charge in [0.05, 0.1) is 11.1 Å². The summed E-state index contributed by atoms with van der Waals surface area (Å²) in [6.07, 6.45) is -0.737. The van der Waals surface area contributed by atoms with Crippen molar-refractivity contribution in [2.45, 2.75) is 24.8 Å². The molecule has 0 aromatic heterocycles. The van der Waals surface area contributed by atoms with Gasteiger partial charge in [-0.25, -0.2) is 13.1 Å². The van der Waals surface area contributed by atoms with E-state index in [1.165, 1.54) is 13.0 Å². The lowest BCUT2D eigenvalue weighted by atomic mass is 10.2. The van der Waals surface area contributed by atoms with E-state index in [4.69, 9.17) is 16.7 Å². The van der Waals surface area contributed by atoms with Gasteiger partial charge in [-0.05, 0) is 31.5 Å². The second kappa shape index (κ2) is 5.14. The second-order valence-electron chi connectivity index (χ2n) is 3.63. The van der Waals surface area contributed by atoms with E-state index in [2.05, 4.69) is 4.72 Å². The van der Waals surface area contributed by atoms with Crippen molar-refractivity contribution in [2.75, 3.05) is 6.54 Å². The maximum Gasteiger partial charge on any atom is 0.242 e. The summed E-state index contributed by atoms with van der Waals surface area (Å²) in [4.78, 5) is 0.0282. The summed E-state index contributed by atoms with van der Waals surface area (Å²) in [6, 6.07) is 4.70. The fourth-order valence-electron chi connectivity index (χ4n) is 1.13. The maximum absolute atomic E-state index is 11.8. The molecule has 1 aromatic rings. The number of nitrogens with one attached hydrogen (secondary N) is 1. The van der Waals surface area contributed by atoms with Crippen LogP contribution < -0.4 is 4.72 Å². The molecule has 0 aliphatic carbocycles. The molecule has 0 amide bonds. The Bertz CT molecular complexity index is 471. The maximum atomic E-state index is 11.8. The number of sulfonamides is 1. The average molecular weight is 264 g/mol. The van der Waals surface area contributed by atoms with Crippen molar-refractivity contribution in [3.63, 3.8) is 0 Å². The smallest absolute Gasteiger partial charge is 0.242 e. The molecule has 0 saturated heterocycles. The minimum absolute atomic E-state index is 0.0282. The molecule has 6 heteroatoms. The fraction of sp³-hybridized carbons (Fsp3) is 0.400. The van der Waals surface area contributed by atoms with Crippen LogP contribution in [0.2, 0.25) is 5.02 Å². The zero-order valence-electron chi connectivity index (χ0n) is 9.07. The number of benzene rings is 1. The van der Waals surface area contributed by atoms with Crippen molar-refractivity contribution in [2.24, 2.45) is 0 Å². The van der Waals surface area contributed by atoms with Gasteiger partial charge in [0.25, 0.3) is 0 Å². The first-order valence-corrected chi connectivity index (χ1v) is 6.63. The quantitative estimate of drug-likeness (QED) is 0.861. The molecule has 2 N–H and O–H groups in total. The molecule has 16 heavy (non-hydrogen) atoms. The molecule has 0 aliphatic rings. The van der Waals surface area contributed by atoms with Gasteiger partial charge in [-0.3, -0.25) is 0 Å². The zero-order chi connectivity index (χ0) is 12.3. The standard InChI is InChI=1S/C10H14ClNO3S/c1-7-3-4-10(9(11)5-7)16(14,15)12-6-8(2)13/h3-5,8,12-13H,6H2,1-2H3/t8-/m0/s1. The first-order valence-electron chi connectivity index (χ1n) is 4.77. The van der Waals surface area contributed by atoms with Crippen molar-refractivity contribution in [1.82, 2.24) is 4.72 Å². The molecule has 0 heterocycles. The van der Waals surface area contributed by atoms with Gasteiger partial charge in [0.15, 0.2) is 0 Å². The predicted molar refractivity (Wildman–Crippen MR) is 63.1 cm³/mol. The highest BCUT2D eigenvalue weighted by molar-refractivity contribution is 7.89. The summed E-state index contributed by atoms with van der Waals surface area (Å²) in [6.45, 7) is 3.29. The summed E-state index contributed by atoms with van der Waals surface area (Å²) in [5, 5.41) is 9.19. The van der Waals surface area contributed by atoms with Gasteiger partial charge >= 0.3 is 0 Å². The van der Waals surface area contributed by atoms with Gasteiger partial charge in [0, 0.05) is 6.54 Å². The Labute approximate surface area is 100 Å². The van der Waals surface area contributed by atoms with E-state index in [1.54, 1.807) is 12.1 Å². The number of halogens is 1. The van der Waals surface area contributed by atoms with Gasteiger partial charge in [-0.1, -0.05) is 17.7 Å². The van der Waals surface area contributed by atoms with Crippen LogP contribution in [-0.4, -0.2) is 26.2 Å². The molecule has 0 spiro atoms. The Balaban J connectivity index is 2.99. The predicted octanol–water partition coefficient (Wildman–Crippen LogP) is 1.31. The lowest BCUT2D eigenvalue weighted by molar-refractivity contribution is 0.198. The number of aliphatic hydroxyl groups is 1. The third kappa shape index (κ3) is 3.45. The summed E-state index contributed by atoms with van der Waals surface area (Å²) in [7, 11) is -3.64. The average Bonchev–Trinajstić information content (AvgIpc) is 2.14. The molecule has 0 unspecified atom stereocenters. The lowest BCUT2D eigenvalue weighted by Crippen LogP contribution is -2.30. The largest absolute Gasteiger partial charge is 0.392 e. The van der Waals surface area contributed by atoms with Gasteiger partial charge in [-0.15, -0.1) is 0 Å². The normalized spacial score (nSPS) is 13.8. The molecule has 0 radical (unpaired) electrons. The van der Waals surface area contributed by atoms with E-state index in [0.29, 0.717) is 0 Å². The minimum Gasteiger partial charge on any atom is -0.392 e. The van der Waals surface area contributed by atoms with Crippen LogP contribution in [0.25, 0.3) is 0 Å². The third-order valence-corrected chi connectivity index (χ3v) is 3.85. The monoisotopic (exact) mass is 263 g/mol. The minimum atomic E-state index is -3.64. The van der Waals surface area contributed by atoms with E-state index in [9.17, 15) is 8.42 Å². The van der Waals surface area contributed by atoms with Crippen molar-refractivity contribution < 1.29 is 13.5 Å². The molecule has 0 fully saturated rings. The van der Waals surface area contributed by atoms with E-state index < -0.39 is 16.1 Å². The Hall–Kier alpha value is -0.620. The van der Waals surface area contributed by atoms with Crippen LogP contribution in [0.1, 0.15) is 12.5 Å². The molecule has 0 saturated carbocycles. The molecule has 0 aliphatic heterocycles. The van der Waals surface area contributed by atoms with Gasteiger partial charge in [0.2, 0.25) is 10.0 Å². The van der Waals surface area contributed by atoms with Crippen LogP contribution in [0.3, 0.4) is 0 Å². The Morgan fingerprint density at radius 3 is 2.62 bits per heavy atom. The van der Waals surface area contributed by atoms with Crippen LogP contribution in [-0.2, 0) is 10.0 Å². The summed E-state index contributed by atoms with van der Waals surface area (Å²) in [5.41, 5.74) is 0.888. The van der Waals surface area contributed by atoms with Crippen LogP contribution in [0, 0.1) is 6.92 Å². The number of aliphatic hydroxyl groups excluding tert-OH is 1. The number of aryl methyl sites for hydroxylation is 1. The number of hydrogen-bond acceptors (Lipinski definition) is 3. The SMILES string of the molecule is Cc1ccc(S(=O)(=O)NC[C@H](C)O)c(Cl)c1. The van der Waals surface area contributed by atoms with E-state index >= 15 is 0 Å². The topological polar surface area (TPSA) is 66.4 Å². The van der Waals surface area contributed by atoms with Crippen LogP contribution in [0.4, 0.5) is 0 Å². The Kier molecular flexibility index (Phi) is 4.32. The first-order chi connectivity index (χ1) is 7.33. The van der Waals surface area contributed by atoms with Crippen molar-refractivity contribution >= 4 is 21.6 Å². The molecular formula is C10H14ClNO3S. The highest BCUT2D eigenvalue weighted by Gasteiger charge is 2.17. The van der Waals surface area contributed by atoms with Crippen molar-refractivity contribution in [1.29, 1.82) is 0 Å². The van der Waals surface area contributed by atoms with E-state index in [1.807, 2.05) is 6.92 Å². The molecule has 1 rings (SSSR count). The van der Waals surface area contributed by atoms with Gasteiger partial charge in [0.1, 0.15) is 4.90 Å². The summed E-state index contributed by atoms with van der Waals surface area (Å²) < 4.78 is 25.8. The summed E-state index contributed by atoms with van der Waals surface area (Å²) >= 11 is 5.85. The zero-order valence-corrected chi connectivity index (χ0v) is 10.6. The molecule has 1 aromatic carbocycles. The second-order valence-corrected chi connectivity index (χ2v) is 5.78. The fourth-order valence-corrected chi connectivity index (χ4v) is 2.85. The van der Waals surface area contributed by atoms with Crippen LogP contribution in [0.15, 0.2) is 23.1 Å². The van der Waals surface area contributed by atoms with Crippen LogP contribution in [0.5, 0.6) is 0 Å². The molecule has 90 valence electrons.